The number of fused-ring (bicyclic) bond motifs is 1. The maximum Gasteiger partial charge on any atom is 0.197 e. The normalized spacial score (nSPS) is 16.2. The van der Waals surface area contributed by atoms with Gasteiger partial charge in [0.05, 0.1) is 43.1 Å². The molecule has 132 valence electrons. The maximum absolute atomic E-state index is 13.1. The average molecular weight is 372 g/mol. The minimum atomic E-state index is -2.70. The highest BCUT2D eigenvalue weighted by Gasteiger charge is 2.15. The molecule has 6 nitrogen and oxygen atoms in total. The van der Waals surface area contributed by atoms with E-state index in [1.165, 1.54) is 7.11 Å². The van der Waals surface area contributed by atoms with Crippen molar-refractivity contribution in [2.45, 2.75) is 17.8 Å². The molecular formula is C19H18N4O2S. The number of nitrogens with zero attached hydrogens (tertiary/aromatic N) is 3. The second-order valence-corrected chi connectivity index (χ2v) is 6.81. The number of ether oxygens (including phenoxy) is 1. The quantitative estimate of drug-likeness (QED) is 0.583. The van der Waals surface area contributed by atoms with Gasteiger partial charge >= 0.3 is 0 Å². The molecule has 0 amide bonds. The molecule has 0 bridgehead atoms. The zero-order valence-corrected chi connectivity index (χ0v) is 14.6. The van der Waals surface area contributed by atoms with Gasteiger partial charge in [-0.25, -0.2) is 4.98 Å². The van der Waals surface area contributed by atoms with Gasteiger partial charge in [-0.3, -0.25) is 9.19 Å². The van der Waals surface area contributed by atoms with Crippen LogP contribution in [-0.2, 0) is 16.6 Å². The van der Waals surface area contributed by atoms with Crippen LogP contribution in [0.1, 0.15) is 18.1 Å². The summed E-state index contributed by atoms with van der Waals surface area (Å²) in [7, 11) is -0.744. The predicted octanol–water partition coefficient (Wildman–Crippen LogP) is 3.37. The number of H-pyrrole nitrogens is 1. The van der Waals surface area contributed by atoms with Gasteiger partial charge < -0.3 is 14.3 Å². The highest BCUT2D eigenvalue weighted by atomic mass is 32.2. The highest BCUT2D eigenvalue weighted by Crippen LogP contribution is 2.22. The maximum atomic E-state index is 13.1. The molecule has 0 spiro atoms. The van der Waals surface area contributed by atoms with E-state index in [0.717, 1.165) is 10.7 Å². The van der Waals surface area contributed by atoms with Crippen LogP contribution in [0, 0.1) is 6.85 Å². The monoisotopic (exact) mass is 372 g/mol. The molecule has 0 aliphatic heterocycles. The lowest BCUT2D eigenvalue weighted by molar-refractivity contribution is 0.410. The second-order valence-electron chi connectivity index (χ2n) is 5.46. The van der Waals surface area contributed by atoms with Crippen LogP contribution in [-0.4, -0.2) is 30.8 Å². The first-order valence-corrected chi connectivity index (χ1v) is 9.01. The Morgan fingerprint density at radius 1 is 1.42 bits per heavy atom. The Balaban J connectivity index is 1.76. The Hall–Kier alpha value is -2.93. The van der Waals surface area contributed by atoms with E-state index in [2.05, 4.69) is 9.97 Å². The van der Waals surface area contributed by atoms with E-state index in [1.807, 2.05) is 29.1 Å². The van der Waals surface area contributed by atoms with Crippen LogP contribution in [0.3, 0.4) is 0 Å². The number of rotatable bonds is 5. The van der Waals surface area contributed by atoms with Crippen LogP contribution in [0.5, 0.6) is 5.75 Å². The summed E-state index contributed by atoms with van der Waals surface area (Å²) in [6.07, 6.45) is 3.24. The number of pyridine rings is 1. The lowest BCUT2D eigenvalue weighted by atomic mass is 10.2. The summed E-state index contributed by atoms with van der Waals surface area (Å²) in [6.45, 7) is -2.70. The second kappa shape index (κ2) is 6.76. The van der Waals surface area contributed by atoms with E-state index in [-0.39, 0.29) is 22.2 Å². The number of hydrogen-bond donors (Lipinski definition) is 1. The Kier molecular flexibility index (Phi) is 2.84. The van der Waals surface area contributed by atoms with Crippen LogP contribution in [0.15, 0.2) is 60.1 Å². The molecule has 1 N–H and O–H groups in total. The molecule has 0 fully saturated rings. The smallest absolute Gasteiger partial charge is 0.197 e. The molecule has 26 heavy (non-hydrogen) atoms. The van der Waals surface area contributed by atoms with Crippen molar-refractivity contribution >= 4 is 21.8 Å². The Bertz CT molecular complexity index is 1330. The number of imidazole rings is 1. The van der Waals surface area contributed by atoms with E-state index < -0.39 is 35.6 Å². The fourth-order valence-electron chi connectivity index (χ4n) is 2.54. The number of methoxy groups -OCH3 is 1. The third-order valence-corrected chi connectivity index (χ3v) is 4.97. The number of aromatic nitrogens is 4. The van der Waals surface area contributed by atoms with Crippen molar-refractivity contribution in [1.29, 1.82) is 0 Å². The molecule has 3 heterocycles. The first-order chi connectivity index (χ1) is 15.1. The third-order valence-electron chi connectivity index (χ3n) is 3.85. The van der Waals surface area contributed by atoms with Gasteiger partial charge in [0.25, 0.3) is 0 Å². The average Bonchev–Trinajstić information content (AvgIpc) is 3.37. The fraction of sp³-hybridized carbons (Fsp3) is 0.158. The Labute approximate surface area is 161 Å². The summed E-state index contributed by atoms with van der Waals surface area (Å²) in [5.74, 6) is -0.698. The van der Waals surface area contributed by atoms with Crippen molar-refractivity contribution in [2.24, 2.45) is 0 Å². The van der Waals surface area contributed by atoms with Gasteiger partial charge in [0.1, 0.15) is 5.75 Å². The van der Waals surface area contributed by atoms with E-state index in [0.29, 0.717) is 11.0 Å². The molecule has 0 aliphatic carbocycles. The topological polar surface area (TPSA) is 72.8 Å². The molecule has 0 radical (unpaired) electrons. The van der Waals surface area contributed by atoms with Gasteiger partial charge in [0, 0.05) is 33.9 Å². The van der Waals surface area contributed by atoms with E-state index in [1.54, 1.807) is 18.2 Å². The Morgan fingerprint density at radius 3 is 3.04 bits per heavy atom. The third kappa shape index (κ3) is 3.01. The summed E-state index contributed by atoms with van der Waals surface area (Å²) in [4.78, 5) is 9.16. The van der Waals surface area contributed by atoms with Gasteiger partial charge in [-0.2, -0.15) is 0 Å². The zero-order valence-electron chi connectivity index (χ0n) is 19.8. The van der Waals surface area contributed by atoms with Crippen LogP contribution in [0.4, 0.5) is 0 Å². The highest BCUT2D eigenvalue weighted by molar-refractivity contribution is 7.84. The summed E-state index contributed by atoms with van der Waals surface area (Å²) in [5, 5.41) is -0.0802. The molecule has 7 heteroatoms. The molecule has 0 aliphatic rings. The van der Waals surface area contributed by atoms with Gasteiger partial charge in [0.15, 0.2) is 6.57 Å². The van der Waals surface area contributed by atoms with Gasteiger partial charge in [-0.05, 0) is 43.2 Å². The number of hydrogen-bond acceptors (Lipinski definition) is 4. The first-order valence-electron chi connectivity index (χ1n) is 10.6. The van der Waals surface area contributed by atoms with Crippen molar-refractivity contribution < 1.29 is 17.2 Å². The molecule has 4 aromatic rings. The number of aromatic amines is 1. The van der Waals surface area contributed by atoms with Gasteiger partial charge in [-0.15, -0.1) is 0 Å². The van der Waals surface area contributed by atoms with Crippen LogP contribution in [0.25, 0.3) is 16.7 Å². The largest absolute Gasteiger partial charge is 0.496 e. The van der Waals surface area contributed by atoms with Crippen molar-refractivity contribution in [3.8, 4) is 11.4 Å². The molecular weight excluding hydrogens is 348 g/mol. The van der Waals surface area contributed by atoms with E-state index in [9.17, 15) is 4.21 Å². The predicted molar refractivity (Wildman–Crippen MR) is 101 cm³/mol. The lowest BCUT2D eigenvalue weighted by Gasteiger charge is -2.08. The van der Waals surface area contributed by atoms with Gasteiger partial charge in [-0.1, -0.05) is 0 Å². The van der Waals surface area contributed by atoms with Crippen LogP contribution >= 0.6 is 0 Å². The first kappa shape index (κ1) is 10.9. The summed E-state index contributed by atoms with van der Waals surface area (Å²) in [6, 6.07) is 8.55. The zero-order chi connectivity index (χ0) is 23.2. The van der Waals surface area contributed by atoms with Crippen LogP contribution in [0.2, 0.25) is 1.41 Å². The van der Waals surface area contributed by atoms with Crippen molar-refractivity contribution in [1.82, 2.24) is 19.5 Å². The minimum absolute atomic E-state index is 0.0802. The lowest BCUT2D eigenvalue weighted by Crippen LogP contribution is -2.03. The van der Waals surface area contributed by atoms with Gasteiger partial charge in [0.2, 0.25) is 0 Å². The van der Waals surface area contributed by atoms with Crippen molar-refractivity contribution in [3.63, 3.8) is 0 Å². The summed E-state index contributed by atoms with van der Waals surface area (Å²) < 4.78 is 67.6. The molecule has 1 atom stereocenters. The SMILES string of the molecule is [2H]c1nc(CS(=O)c2nc3cc(-n4cccc4)ccc3n2[2H])c(C([2H])([2H])[2H])c(OC)c1[2H]. The fourth-order valence-corrected chi connectivity index (χ4v) is 3.52. The molecule has 3 aromatic heterocycles. The molecule has 0 saturated carbocycles. The summed E-state index contributed by atoms with van der Waals surface area (Å²) >= 11 is 0. The minimum Gasteiger partial charge on any atom is -0.496 e. The van der Waals surface area contributed by atoms with Crippen molar-refractivity contribution in [2.75, 3.05) is 7.11 Å². The van der Waals surface area contributed by atoms with Crippen LogP contribution < -0.4 is 4.74 Å². The van der Waals surface area contributed by atoms with E-state index >= 15 is 0 Å². The molecule has 1 aromatic carbocycles. The summed E-state index contributed by atoms with van der Waals surface area (Å²) in [5.41, 5.74) is 1.20. The standard InChI is InChI=1S/C19H18N4O2S/c1-13-17(20-8-7-18(13)25-2)12-26(24)19-21-15-6-5-14(11-16(15)22-19)23-9-3-4-10-23/h3-11H,12H2,1-2H3,(H,21,22)/i1D3,7D,8D/hD. The molecule has 0 saturated heterocycles. The molecule has 1 unspecified atom stereocenters. The molecule has 4 rings (SSSR count). The number of nitrogens with one attached hydrogen (secondary N) is 1. The Morgan fingerprint density at radius 2 is 2.27 bits per heavy atom. The number of benzene rings is 1. The van der Waals surface area contributed by atoms with E-state index in [4.69, 9.17) is 13.0 Å². The van der Waals surface area contributed by atoms with Crippen molar-refractivity contribution in [3.05, 3.63) is 66.2 Å².